The summed E-state index contributed by atoms with van der Waals surface area (Å²) in [5, 5.41) is 6.78. The number of Topliss-reactive ketones (excluding diaryl/α,β-unsaturated/α-hetero) is 1. The fourth-order valence-electron chi connectivity index (χ4n) is 3.51. The molecule has 35 heavy (non-hydrogen) atoms. The molecule has 0 radical (unpaired) electrons. The number of aromatic nitrogens is 2. The molecular weight excluding hydrogens is 465 g/mol. The minimum atomic E-state index is -4.55. The average Bonchev–Trinajstić information content (AvgIpc) is 3.11. The van der Waals surface area contributed by atoms with Crippen LogP contribution in [0.4, 0.5) is 18.9 Å². The van der Waals surface area contributed by atoms with Crippen molar-refractivity contribution >= 4 is 23.3 Å². The van der Waals surface area contributed by atoms with Gasteiger partial charge in [0.05, 0.1) is 41.9 Å². The maximum absolute atomic E-state index is 13.1. The molecule has 1 aromatic heterocycles. The van der Waals surface area contributed by atoms with E-state index in [1.54, 1.807) is 24.3 Å². The number of carbonyl (C=O) groups is 3. The number of halogens is 3. The quantitative estimate of drug-likeness (QED) is 0.404. The van der Waals surface area contributed by atoms with E-state index in [-0.39, 0.29) is 22.6 Å². The van der Waals surface area contributed by atoms with Crippen molar-refractivity contribution in [1.29, 1.82) is 0 Å². The summed E-state index contributed by atoms with van der Waals surface area (Å²) in [6.45, 7) is 2.56. The lowest BCUT2D eigenvalue weighted by atomic mass is 10.1. The average molecular weight is 488 g/mol. The van der Waals surface area contributed by atoms with Crippen LogP contribution in [0.25, 0.3) is 5.69 Å². The molecule has 0 aliphatic carbocycles. The first kappa shape index (κ1) is 25.5. The van der Waals surface area contributed by atoms with E-state index in [0.29, 0.717) is 11.4 Å². The van der Waals surface area contributed by atoms with Crippen LogP contribution >= 0.6 is 0 Å². The highest BCUT2D eigenvalue weighted by atomic mass is 19.4. The van der Waals surface area contributed by atoms with E-state index in [1.807, 2.05) is 0 Å². The molecule has 0 atom stereocenters. The van der Waals surface area contributed by atoms with Crippen molar-refractivity contribution < 1.29 is 32.3 Å². The number of ether oxygens (including phenoxy) is 1. The van der Waals surface area contributed by atoms with Gasteiger partial charge in [0.15, 0.2) is 0 Å². The highest BCUT2D eigenvalue weighted by Crippen LogP contribution is 2.31. The number of alkyl halides is 3. The number of nitrogens with one attached hydrogen (secondary N) is 1. The molecule has 0 spiro atoms. The molecule has 0 saturated heterocycles. The number of hydrogen-bond acceptors (Lipinski definition) is 5. The third-order valence-electron chi connectivity index (χ3n) is 5.21. The van der Waals surface area contributed by atoms with Crippen LogP contribution in [0.3, 0.4) is 0 Å². The molecule has 3 aromatic rings. The molecule has 0 bridgehead atoms. The van der Waals surface area contributed by atoms with Gasteiger partial charge in [0, 0.05) is 18.8 Å². The largest absolute Gasteiger partial charge is 0.497 e. The molecule has 1 heterocycles. The van der Waals surface area contributed by atoms with Gasteiger partial charge < -0.3 is 15.0 Å². The zero-order valence-electron chi connectivity index (χ0n) is 19.4. The van der Waals surface area contributed by atoms with Gasteiger partial charge in [-0.2, -0.15) is 18.3 Å². The van der Waals surface area contributed by atoms with Gasteiger partial charge >= 0.3 is 6.18 Å². The molecule has 11 heteroatoms. The molecule has 0 aliphatic heterocycles. The third-order valence-corrected chi connectivity index (χ3v) is 5.21. The fraction of sp³-hybridized carbons (Fsp3) is 0.250. The first-order chi connectivity index (χ1) is 16.4. The van der Waals surface area contributed by atoms with Gasteiger partial charge in [-0.1, -0.05) is 12.1 Å². The first-order valence-electron chi connectivity index (χ1n) is 10.4. The number of benzene rings is 2. The highest BCUT2D eigenvalue weighted by molar-refractivity contribution is 6.43. The van der Waals surface area contributed by atoms with E-state index < -0.39 is 35.9 Å². The zero-order chi connectivity index (χ0) is 25.9. The maximum Gasteiger partial charge on any atom is 0.416 e. The summed E-state index contributed by atoms with van der Waals surface area (Å²) in [6.07, 6.45) is -4.55. The van der Waals surface area contributed by atoms with Crippen LogP contribution in [0.2, 0.25) is 0 Å². The Balaban J connectivity index is 1.77. The monoisotopic (exact) mass is 488 g/mol. The summed E-state index contributed by atoms with van der Waals surface area (Å²) in [5.74, 6) is -1.88. The number of nitrogens with zero attached hydrogens (tertiary/aromatic N) is 3. The maximum atomic E-state index is 13.1. The van der Waals surface area contributed by atoms with E-state index in [9.17, 15) is 27.6 Å². The van der Waals surface area contributed by atoms with Crippen LogP contribution in [-0.4, -0.2) is 53.0 Å². The zero-order valence-corrected chi connectivity index (χ0v) is 19.4. The number of amides is 2. The van der Waals surface area contributed by atoms with Crippen molar-refractivity contribution in [3.8, 4) is 11.4 Å². The predicted octanol–water partition coefficient (Wildman–Crippen LogP) is 3.80. The van der Waals surface area contributed by atoms with Crippen LogP contribution in [0, 0.1) is 13.8 Å². The van der Waals surface area contributed by atoms with E-state index in [4.69, 9.17) is 4.74 Å². The van der Waals surface area contributed by atoms with Gasteiger partial charge in [0.1, 0.15) is 5.75 Å². The van der Waals surface area contributed by atoms with Crippen LogP contribution < -0.4 is 10.1 Å². The van der Waals surface area contributed by atoms with Crippen molar-refractivity contribution in [2.45, 2.75) is 20.0 Å². The normalized spacial score (nSPS) is 11.2. The molecular formula is C24H23F3N4O4. The first-order valence-corrected chi connectivity index (χ1v) is 10.4. The van der Waals surface area contributed by atoms with Crippen molar-refractivity contribution in [2.75, 3.05) is 26.0 Å². The van der Waals surface area contributed by atoms with Gasteiger partial charge in [-0.3, -0.25) is 14.4 Å². The number of methoxy groups -OCH3 is 1. The number of hydrogen-bond donors (Lipinski definition) is 1. The molecule has 3 rings (SSSR count). The van der Waals surface area contributed by atoms with E-state index in [1.165, 1.54) is 44.8 Å². The lowest BCUT2D eigenvalue weighted by Gasteiger charge is -2.16. The van der Waals surface area contributed by atoms with E-state index >= 15 is 0 Å². The second-order valence-corrected chi connectivity index (χ2v) is 7.78. The van der Waals surface area contributed by atoms with Gasteiger partial charge in [-0.15, -0.1) is 0 Å². The third kappa shape index (κ3) is 5.68. The molecule has 8 nitrogen and oxygen atoms in total. The summed E-state index contributed by atoms with van der Waals surface area (Å²) in [5.41, 5.74) is 0.0242. The van der Waals surface area contributed by atoms with Crippen LogP contribution in [0.5, 0.6) is 5.75 Å². The molecule has 1 N–H and O–H groups in total. The minimum absolute atomic E-state index is 0.0348. The van der Waals surface area contributed by atoms with E-state index in [2.05, 4.69) is 10.4 Å². The van der Waals surface area contributed by atoms with Gasteiger partial charge in [0.25, 0.3) is 11.7 Å². The van der Waals surface area contributed by atoms with Crippen molar-refractivity contribution in [1.82, 2.24) is 14.7 Å². The Morgan fingerprint density at radius 2 is 1.77 bits per heavy atom. The Labute approximate surface area is 199 Å². The fourth-order valence-corrected chi connectivity index (χ4v) is 3.51. The molecule has 2 amide bonds. The number of likely N-dealkylation sites (N-methyl/N-ethyl adjacent to an activating group) is 1. The highest BCUT2D eigenvalue weighted by Gasteiger charge is 2.32. The van der Waals surface area contributed by atoms with Gasteiger partial charge in [-0.25, -0.2) is 4.68 Å². The SMILES string of the molecule is COc1cccc(NC(=O)CN(C)C(=O)C(=O)c2c(C)nn(-c3cccc(C(F)(F)F)c3)c2C)c1. The Bertz CT molecular complexity index is 1280. The lowest BCUT2D eigenvalue weighted by molar-refractivity contribution is -0.137. The smallest absolute Gasteiger partial charge is 0.416 e. The Morgan fingerprint density at radius 1 is 1.09 bits per heavy atom. The second-order valence-electron chi connectivity index (χ2n) is 7.78. The number of anilines is 1. The molecule has 0 aliphatic rings. The molecule has 0 saturated carbocycles. The van der Waals surface area contributed by atoms with Crippen LogP contribution in [0.1, 0.15) is 27.3 Å². The summed E-state index contributed by atoms with van der Waals surface area (Å²) in [6, 6.07) is 11.1. The Hall–Kier alpha value is -4.15. The summed E-state index contributed by atoms with van der Waals surface area (Å²) >= 11 is 0. The number of carbonyl (C=O) groups excluding carboxylic acids is 3. The Kier molecular flexibility index (Phi) is 7.28. The standard InChI is InChI=1S/C24H23F3N4O4/c1-14-21(15(2)31(29-14)18-9-5-7-16(11-18)24(25,26)27)22(33)23(34)30(3)13-20(32)28-17-8-6-10-19(12-17)35-4/h5-12H,13H2,1-4H3,(H,28,32). The number of ketones is 1. The summed E-state index contributed by atoms with van der Waals surface area (Å²) in [4.78, 5) is 39.0. The van der Waals surface area contributed by atoms with Gasteiger partial charge in [-0.05, 0) is 44.2 Å². The summed E-state index contributed by atoms with van der Waals surface area (Å²) < 4.78 is 45.6. The summed E-state index contributed by atoms with van der Waals surface area (Å²) in [7, 11) is 2.78. The lowest BCUT2D eigenvalue weighted by Crippen LogP contribution is -2.39. The minimum Gasteiger partial charge on any atom is -0.497 e. The van der Waals surface area contributed by atoms with Crippen molar-refractivity contribution in [3.63, 3.8) is 0 Å². The van der Waals surface area contributed by atoms with Crippen LogP contribution in [0.15, 0.2) is 48.5 Å². The Morgan fingerprint density at radius 3 is 2.43 bits per heavy atom. The second kappa shape index (κ2) is 10.00. The topological polar surface area (TPSA) is 93.5 Å². The predicted molar refractivity (Wildman–Crippen MR) is 122 cm³/mol. The van der Waals surface area contributed by atoms with E-state index in [0.717, 1.165) is 17.0 Å². The molecule has 184 valence electrons. The van der Waals surface area contributed by atoms with Crippen LogP contribution in [-0.2, 0) is 15.8 Å². The number of rotatable bonds is 7. The molecule has 2 aromatic carbocycles. The number of aryl methyl sites for hydroxylation is 1. The molecule has 0 fully saturated rings. The molecule has 0 unspecified atom stereocenters. The van der Waals surface area contributed by atoms with Crippen molar-refractivity contribution in [2.24, 2.45) is 0 Å². The van der Waals surface area contributed by atoms with Gasteiger partial charge in [0.2, 0.25) is 5.91 Å². The van der Waals surface area contributed by atoms with Crippen molar-refractivity contribution in [3.05, 3.63) is 71.0 Å².